The van der Waals surface area contributed by atoms with Crippen LogP contribution in [0.1, 0.15) is 6.42 Å². The molecule has 0 bridgehead atoms. The topological polar surface area (TPSA) is 71.0 Å². The van der Waals surface area contributed by atoms with Crippen LogP contribution in [0.2, 0.25) is 0 Å². The Bertz CT molecular complexity index is 822. The van der Waals surface area contributed by atoms with Crippen molar-refractivity contribution in [3.8, 4) is 11.5 Å². The van der Waals surface area contributed by atoms with Gasteiger partial charge in [-0.15, -0.1) is 0 Å². The number of nitrogens with one attached hydrogen (secondary N) is 1. The molecule has 0 radical (unpaired) electrons. The molecule has 2 amide bonds. The number of nitrogens with zero attached hydrogens (tertiary/aromatic N) is 2. The van der Waals surface area contributed by atoms with Crippen LogP contribution < -0.4 is 10.1 Å². The summed E-state index contributed by atoms with van der Waals surface area (Å²) in [6.07, 6.45) is 0.146. The highest BCUT2D eigenvalue weighted by atomic mass is 32.2. The molecule has 0 spiro atoms. The van der Waals surface area contributed by atoms with Crippen molar-refractivity contribution in [3.05, 3.63) is 54.6 Å². The van der Waals surface area contributed by atoms with Crippen LogP contribution >= 0.6 is 11.8 Å². The Morgan fingerprint density at radius 2 is 1.81 bits per heavy atom. The van der Waals surface area contributed by atoms with E-state index in [2.05, 4.69) is 10.3 Å². The van der Waals surface area contributed by atoms with Crippen LogP contribution in [0, 0.1) is 0 Å². The van der Waals surface area contributed by atoms with Gasteiger partial charge in [0.1, 0.15) is 16.7 Å². The van der Waals surface area contributed by atoms with Crippen molar-refractivity contribution in [3.63, 3.8) is 0 Å². The molecule has 1 fully saturated rings. The van der Waals surface area contributed by atoms with Crippen molar-refractivity contribution in [1.29, 1.82) is 0 Å². The van der Waals surface area contributed by atoms with E-state index in [0.29, 0.717) is 16.6 Å². The third-order valence-electron chi connectivity index (χ3n) is 3.83. The van der Waals surface area contributed by atoms with Gasteiger partial charge in [0.2, 0.25) is 11.8 Å². The Balaban J connectivity index is 1.69. The number of aliphatic imine (C=N–C) groups is 1. The largest absolute Gasteiger partial charge is 0.457 e. The summed E-state index contributed by atoms with van der Waals surface area (Å²) < 4.78 is 5.75. The van der Waals surface area contributed by atoms with Crippen LogP contribution in [0.25, 0.3) is 0 Å². The molecule has 6 nitrogen and oxygen atoms in total. The lowest BCUT2D eigenvalue weighted by molar-refractivity contribution is -0.128. The van der Waals surface area contributed by atoms with E-state index in [9.17, 15) is 9.59 Å². The first kappa shape index (κ1) is 18.0. The number of benzene rings is 2. The van der Waals surface area contributed by atoms with Crippen molar-refractivity contribution in [2.75, 3.05) is 14.1 Å². The quantitative estimate of drug-likeness (QED) is 0.879. The summed E-state index contributed by atoms with van der Waals surface area (Å²) in [4.78, 5) is 29.8. The van der Waals surface area contributed by atoms with Gasteiger partial charge in [-0.05, 0) is 36.4 Å². The van der Waals surface area contributed by atoms with Gasteiger partial charge in [0.15, 0.2) is 5.17 Å². The Hall–Kier alpha value is -2.80. The monoisotopic (exact) mass is 369 g/mol. The number of hydrogen-bond acceptors (Lipinski definition) is 5. The van der Waals surface area contributed by atoms with Crippen LogP contribution in [0.3, 0.4) is 0 Å². The van der Waals surface area contributed by atoms with Gasteiger partial charge in [-0.2, -0.15) is 0 Å². The molecule has 3 rings (SSSR count). The zero-order chi connectivity index (χ0) is 18.5. The first-order valence-electron chi connectivity index (χ1n) is 8.13. The number of para-hydroxylation sites is 1. The SMILES string of the molecule is CNC(=O)CC1SC(=Nc2ccc(Oc3ccccc3)cc2)N(C)C1=O. The lowest BCUT2D eigenvalue weighted by Gasteiger charge is -2.09. The molecule has 2 aromatic carbocycles. The van der Waals surface area contributed by atoms with Gasteiger partial charge in [0.25, 0.3) is 0 Å². The standard InChI is InChI=1S/C19H19N3O3S/c1-20-17(23)12-16-18(24)22(2)19(26-16)21-13-8-10-15(11-9-13)25-14-6-4-3-5-7-14/h3-11,16H,12H2,1-2H3,(H,20,23). The van der Waals surface area contributed by atoms with Gasteiger partial charge < -0.3 is 10.1 Å². The molecular formula is C19H19N3O3S. The van der Waals surface area contributed by atoms with Crippen molar-refractivity contribution < 1.29 is 14.3 Å². The Morgan fingerprint density at radius 3 is 2.46 bits per heavy atom. The van der Waals surface area contributed by atoms with Crippen molar-refractivity contribution in [1.82, 2.24) is 10.2 Å². The Kier molecular flexibility index (Phi) is 5.58. The summed E-state index contributed by atoms with van der Waals surface area (Å²) in [5, 5.41) is 2.69. The number of thioether (sulfide) groups is 1. The molecule has 0 aromatic heterocycles. The molecule has 1 unspecified atom stereocenters. The summed E-state index contributed by atoms with van der Waals surface area (Å²) in [5.41, 5.74) is 0.716. The molecular weight excluding hydrogens is 350 g/mol. The lowest BCUT2D eigenvalue weighted by atomic mass is 10.2. The maximum absolute atomic E-state index is 12.2. The van der Waals surface area contributed by atoms with E-state index in [1.54, 1.807) is 14.1 Å². The van der Waals surface area contributed by atoms with E-state index in [4.69, 9.17) is 4.74 Å². The second kappa shape index (κ2) is 8.05. The molecule has 0 aliphatic carbocycles. The molecule has 26 heavy (non-hydrogen) atoms. The first-order valence-corrected chi connectivity index (χ1v) is 9.01. The normalized spacial score (nSPS) is 18.2. The van der Waals surface area contributed by atoms with Gasteiger partial charge in [-0.1, -0.05) is 30.0 Å². The molecule has 1 aliphatic heterocycles. The van der Waals surface area contributed by atoms with Crippen molar-refractivity contribution in [2.24, 2.45) is 4.99 Å². The number of carbonyl (C=O) groups excluding carboxylic acids is 2. The smallest absolute Gasteiger partial charge is 0.242 e. The van der Waals surface area contributed by atoms with E-state index in [0.717, 1.165) is 5.75 Å². The van der Waals surface area contributed by atoms with Crippen LogP contribution in [-0.2, 0) is 9.59 Å². The summed E-state index contributed by atoms with van der Waals surface area (Å²) in [6, 6.07) is 16.8. The average Bonchev–Trinajstić information content (AvgIpc) is 2.92. The molecule has 1 saturated heterocycles. The molecule has 7 heteroatoms. The number of ether oxygens (including phenoxy) is 1. The maximum atomic E-state index is 12.2. The zero-order valence-corrected chi connectivity index (χ0v) is 15.3. The van der Waals surface area contributed by atoms with E-state index < -0.39 is 5.25 Å². The molecule has 1 aliphatic rings. The van der Waals surface area contributed by atoms with Crippen LogP contribution in [-0.4, -0.2) is 41.2 Å². The van der Waals surface area contributed by atoms with Gasteiger partial charge in [0, 0.05) is 20.5 Å². The Labute approximate surface area is 156 Å². The summed E-state index contributed by atoms with van der Waals surface area (Å²) in [6.45, 7) is 0. The van der Waals surface area contributed by atoms with Crippen LogP contribution in [0.5, 0.6) is 11.5 Å². The predicted molar refractivity (Wildman–Crippen MR) is 103 cm³/mol. The maximum Gasteiger partial charge on any atom is 0.242 e. The highest BCUT2D eigenvalue weighted by molar-refractivity contribution is 8.15. The van der Waals surface area contributed by atoms with Crippen molar-refractivity contribution >= 4 is 34.4 Å². The second-order valence-electron chi connectivity index (χ2n) is 5.68. The number of carbonyl (C=O) groups is 2. The minimum atomic E-state index is -0.431. The number of amidine groups is 1. The fourth-order valence-electron chi connectivity index (χ4n) is 2.39. The van der Waals surface area contributed by atoms with E-state index >= 15 is 0 Å². The van der Waals surface area contributed by atoms with Gasteiger partial charge >= 0.3 is 0 Å². The zero-order valence-electron chi connectivity index (χ0n) is 14.5. The van der Waals surface area contributed by atoms with E-state index in [1.807, 2.05) is 54.6 Å². The van der Waals surface area contributed by atoms with Crippen LogP contribution in [0.4, 0.5) is 5.69 Å². The van der Waals surface area contributed by atoms with Crippen molar-refractivity contribution in [2.45, 2.75) is 11.7 Å². The van der Waals surface area contributed by atoms with Gasteiger partial charge in [-0.3, -0.25) is 14.5 Å². The van der Waals surface area contributed by atoms with Gasteiger partial charge in [0.05, 0.1) is 5.69 Å². The number of hydrogen-bond donors (Lipinski definition) is 1. The van der Waals surface area contributed by atoms with Gasteiger partial charge in [-0.25, -0.2) is 4.99 Å². The second-order valence-corrected chi connectivity index (χ2v) is 6.85. The van der Waals surface area contributed by atoms with E-state index in [-0.39, 0.29) is 18.2 Å². The minimum absolute atomic E-state index is 0.110. The third-order valence-corrected chi connectivity index (χ3v) is 5.06. The highest BCUT2D eigenvalue weighted by Gasteiger charge is 2.36. The molecule has 1 N–H and O–H groups in total. The lowest BCUT2D eigenvalue weighted by Crippen LogP contribution is -2.31. The molecule has 134 valence electrons. The fraction of sp³-hybridized carbons (Fsp3) is 0.211. The molecule has 2 aromatic rings. The average molecular weight is 369 g/mol. The summed E-state index contributed by atoms with van der Waals surface area (Å²) >= 11 is 1.31. The third kappa shape index (κ3) is 4.23. The highest BCUT2D eigenvalue weighted by Crippen LogP contribution is 2.31. The summed E-state index contributed by atoms with van der Waals surface area (Å²) in [5.74, 6) is 1.20. The first-order chi connectivity index (χ1) is 12.6. The molecule has 1 heterocycles. The summed E-state index contributed by atoms with van der Waals surface area (Å²) in [7, 11) is 3.23. The van der Waals surface area contributed by atoms with E-state index in [1.165, 1.54) is 16.7 Å². The number of amides is 2. The Morgan fingerprint density at radius 1 is 1.15 bits per heavy atom. The predicted octanol–water partition coefficient (Wildman–Crippen LogP) is 3.18. The fourth-order valence-corrected chi connectivity index (χ4v) is 3.55. The molecule has 0 saturated carbocycles. The number of rotatable bonds is 5. The molecule has 1 atom stereocenters. The van der Waals surface area contributed by atoms with Crippen LogP contribution in [0.15, 0.2) is 59.6 Å². The minimum Gasteiger partial charge on any atom is -0.457 e.